The van der Waals surface area contributed by atoms with Gasteiger partial charge in [0.2, 0.25) is 0 Å². The molecule has 3 nitrogen and oxygen atoms in total. The molecule has 15 aromatic rings. The van der Waals surface area contributed by atoms with Crippen molar-refractivity contribution < 1.29 is 4.42 Å². The van der Waals surface area contributed by atoms with Crippen molar-refractivity contribution in [1.82, 2.24) is 0 Å². The summed E-state index contributed by atoms with van der Waals surface area (Å²) in [7, 11) is 0. The molecule has 0 N–H and O–H groups in total. The highest BCUT2D eigenvalue weighted by atomic mass is 16.3. The maximum Gasteiger partial charge on any atom is 0.143 e. The summed E-state index contributed by atoms with van der Waals surface area (Å²) in [5, 5.41) is 16.7. The van der Waals surface area contributed by atoms with Crippen LogP contribution in [0.3, 0.4) is 0 Å². The fourth-order valence-electron chi connectivity index (χ4n) is 14.5. The number of anilines is 6. The van der Waals surface area contributed by atoms with Gasteiger partial charge in [0, 0.05) is 67.2 Å². The molecule has 0 unspecified atom stereocenters. The molecule has 1 aromatic heterocycles. The highest BCUT2D eigenvalue weighted by molar-refractivity contribution is 6.31. The van der Waals surface area contributed by atoms with Gasteiger partial charge < -0.3 is 14.2 Å². The second-order valence-electron chi connectivity index (χ2n) is 23.6. The topological polar surface area (TPSA) is 19.6 Å². The van der Waals surface area contributed by atoms with Crippen LogP contribution < -0.4 is 9.80 Å². The third-order valence-corrected chi connectivity index (χ3v) is 18.6. The average molecular weight is 1040 g/mol. The van der Waals surface area contributed by atoms with E-state index < -0.39 is 0 Å². The van der Waals surface area contributed by atoms with Gasteiger partial charge in [-0.15, -0.1) is 0 Å². The van der Waals surface area contributed by atoms with Gasteiger partial charge in [0.1, 0.15) is 11.2 Å². The SMILES string of the molecule is CC1(C)c2ccccc2-c2ccc(N(c3ccc4c(c3)oc3c5ccc(N(c6ccc7c(c6)C(C)(C)c6ccccc6-7)c6ccc7ccc8ccccc8c7c6)cc5c5ccccc5c43)c3ccc4ccc5ccccc5c4c3)cc21. The van der Waals surface area contributed by atoms with Crippen LogP contribution in [0.4, 0.5) is 34.1 Å². The van der Waals surface area contributed by atoms with Gasteiger partial charge in [-0.25, -0.2) is 0 Å². The van der Waals surface area contributed by atoms with E-state index in [2.05, 4.69) is 292 Å². The summed E-state index contributed by atoms with van der Waals surface area (Å²) < 4.78 is 7.34. The number of fused-ring (bicyclic) bond motifs is 20. The van der Waals surface area contributed by atoms with Gasteiger partial charge >= 0.3 is 0 Å². The molecule has 0 saturated carbocycles. The van der Waals surface area contributed by atoms with Crippen LogP contribution in [-0.2, 0) is 10.8 Å². The van der Waals surface area contributed by atoms with Crippen LogP contribution in [0.5, 0.6) is 0 Å². The Morgan fingerprint density at radius 2 is 0.630 bits per heavy atom. The molecule has 17 rings (SSSR count). The lowest BCUT2D eigenvalue weighted by atomic mass is 9.82. The number of hydrogen-bond donors (Lipinski definition) is 0. The molecule has 0 radical (unpaired) electrons. The fourth-order valence-corrected chi connectivity index (χ4v) is 14.5. The Hall–Kier alpha value is -9.96. The number of rotatable bonds is 6. The van der Waals surface area contributed by atoms with E-state index in [1.54, 1.807) is 0 Å². The van der Waals surface area contributed by atoms with Crippen LogP contribution in [0.15, 0.2) is 259 Å². The maximum absolute atomic E-state index is 7.34. The molecule has 0 aliphatic heterocycles. The van der Waals surface area contributed by atoms with Crippen molar-refractivity contribution in [2.75, 3.05) is 9.80 Å². The van der Waals surface area contributed by atoms with Gasteiger partial charge in [-0.2, -0.15) is 0 Å². The van der Waals surface area contributed by atoms with E-state index in [0.717, 1.165) is 66.8 Å². The van der Waals surface area contributed by atoms with E-state index in [1.165, 1.54) is 98.4 Å². The Kier molecular flexibility index (Phi) is 9.53. The van der Waals surface area contributed by atoms with E-state index in [4.69, 9.17) is 4.42 Å². The summed E-state index contributed by atoms with van der Waals surface area (Å²) in [4.78, 5) is 4.89. The first-order valence-corrected chi connectivity index (χ1v) is 28.4. The Morgan fingerprint density at radius 1 is 0.259 bits per heavy atom. The van der Waals surface area contributed by atoms with Crippen LogP contribution >= 0.6 is 0 Å². The molecule has 0 atom stereocenters. The normalized spacial score (nSPS) is 13.9. The number of benzene rings is 14. The molecule has 0 fully saturated rings. The maximum atomic E-state index is 7.34. The lowest BCUT2D eigenvalue weighted by Crippen LogP contribution is -2.16. The molecule has 2 aliphatic rings. The Bertz CT molecular complexity index is 5210. The summed E-state index contributed by atoms with van der Waals surface area (Å²) >= 11 is 0. The second kappa shape index (κ2) is 16.8. The Labute approximate surface area is 470 Å². The Morgan fingerprint density at radius 3 is 1.17 bits per heavy atom. The zero-order valence-corrected chi connectivity index (χ0v) is 45.6. The minimum absolute atomic E-state index is 0.161. The molecule has 3 heteroatoms. The van der Waals surface area contributed by atoms with Gasteiger partial charge in [0.15, 0.2) is 0 Å². The first kappa shape index (κ1) is 46.0. The lowest BCUT2D eigenvalue weighted by molar-refractivity contribution is 0.660. The summed E-state index contributed by atoms with van der Waals surface area (Å²) in [5.74, 6) is 0. The first-order valence-electron chi connectivity index (χ1n) is 28.4. The monoisotopic (exact) mass is 1030 g/mol. The third kappa shape index (κ3) is 6.64. The molecule has 2 aliphatic carbocycles. The van der Waals surface area contributed by atoms with Crippen molar-refractivity contribution >= 4 is 121 Å². The van der Waals surface area contributed by atoms with Crippen molar-refractivity contribution in [3.05, 3.63) is 277 Å². The van der Waals surface area contributed by atoms with Crippen LogP contribution in [0.1, 0.15) is 49.9 Å². The van der Waals surface area contributed by atoms with E-state index in [0.29, 0.717) is 0 Å². The number of hydrogen-bond acceptors (Lipinski definition) is 3. The molecule has 382 valence electrons. The molecule has 14 aromatic carbocycles. The largest absolute Gasteiger partial charge is 0.455 e. The summed E-state index contributed by atoms with van der Waals surface area (Å²) in [6.45, 7) is 9.46. The quantitative estimate of drug-likeness (QED) is 0.155. The fraction of sp³-hybridized carbons (Fsp3) is 0.0769. The minimum atomic E-state index is -0.163. The molecule has 0 bridgehead atoms. The van der Waals surface area contributed by atoms with Crippen molar-refractivity contribution in [2.45, 2.75) is 38.5 Å². The lowest BCUT2D eigenvalue weighted by Gasteiger charge is -2.29. The number of furan rings is 1. The smallest absolute Gasteiger partial charge is 0.143 e. The molecular weight excluding hydrogens is 981 g/mol. The van der Waals surface area contributed by atoms with Gasteiger partial charge in [0.05, 0.1) is 0 Å². The highest BCUT2D eigenvalue weighted by Gasteiger charge is 2.37. The summed E-state index contributed by atoms with van der Waals surface area (Å²) in [5.41, 5.74) is 18.6. The predicted octanol–water partition coefficient (Wildman–Crippen LogP) is 22.1. The summed E-state index contributed by atoms with van der Waals surface area (Å²) in [6, 6.07) is 95.0. The van der Waals surface area contributed by atoms with Gasteiger partial charge in [0.25, 0.3) is 0 Å². The third-order valence-electron chi connectivity index (χ3n) is 18.6. The highest BCUT2D eigenvalue weighted by Crippen LogP contribution is 2.54. The van der Waals surface area contributed by atoms with Crippen molar-refractivity contribution in [2.24, 2.45) is 0 Å². The van der Waals surface area contributed by atoms with E-state index in [9.17, 15) is 0 Å². The molecule has 0 amide bonds. The van der Waals surface area contributed by atoms with Crippen molar-refractivity contribution in [1.29, 1.82) is 0 Å². The van der Waals surface area contributed by atoms with Crippen molar-refractivity contribution in [3.63, 3.8) is 0 Å². The van der Waals surface area contributed by atoms with Gasteiger partial charge in [-0.05, 0) is 183 Å². The molecule has 0 spiro atoms. The standard InChI is InChI=1S/C78H54N2O/c1-77(2)70-23-13-11-20-60(70)62-37-33-54(44-72(62)77)79(51-31-29-49-27-25-47-15-5-7-17-57(47)67(49)41-51)53-35-39-65-69(43-53)59-19-9-10-22-64(59)75-66-40-36-56(46-74(66)81-76(65)75)80(52-32-30-50-28-26-48-16-6-8-18-58(48)68(50)42-52)55-34-38-63-61-21-12-14-24-71(61)78(3,4)73(63)45-55/h5-46H,1-4H3. The zero-order chi connectivity index (χ0) is 53.9. The van der Waals surface area contributed by atoms with Crippen LogP contribution in [-0.4, -0.2) is 0 Å². The van der Waals surface area contributed by atoms with Crippen LogP contribution in [0, 0.1) is 0 Å². The Balaban J connectivity index is 0.862. The predicted molar refractivity (Wildman–Crippen MR) is 343 cm³/mol. The molecular formula is C78H54N2O. The number of nitrogens with zero attached hydrogens (tertiary/aromatic N) is 2. The van der Waals surface area contributed by atoms with E-state index in [1.807, 2.05) is 0 Å². The average Bonchev–Trinajstić information content (AvgIpc) is 4.29. The van der Waals surface area contributed by atoms with E-state index in [-0.39, 0.29) is 10.8 Å². The van der Waals surface area contributed by atoms with Gasteiger partial charge in [-0.1, -0.05) is 198 Å². The van der Waals surface area contributed by atoms with Gasteiger partial charge in [-0.3, -0.25) is 0 Å². The van der Waals surface area contributed by atoms with Crippen LogP contribution in [0.2, 0.25) is 0 Å². The summed E-state index contributed by atoms with van der Waals surface area (Å²) in [6.07, 6.45) is 0. The molecule has 0 saturated heterocycles. The zero-order valence-electron chi connectivity index (χ0n) is 45.6. The van der Waals surface area contributed by atoms with Crippen molar-refractivity contribution in [3.8, 4) is 22.3 Å². The molecule has 81 heavy (non-hydrogen) atoms. The van der Waals surface area contributed by atoms with Crippen LogP contribution in [0.25, 0.3) is 109 Å². The second-order valence-corrected chi connectivity index (χ2v) is 23.6. The van der Waals surface area contributed by atoms with E-state index >= 15 is 0 Å². The minimum Gasteiger partial charge on any atom is -0.455 e. The first-order chi connectivity index (χ1) is 39.7. The molecule has 1 heterocycles.